The zero-order chi connectivity index (χ0) is 15.8. The third-order valence-corrected chi connectivity index (χ3v) is 5.08. The van der Waals surface area contributed by atoms with E-state index in [1.807, 2.05) is 17.0 Å². The number of amides is 1. The maximum atomic E-state index is 12.7. The van der Waals surface area contributed by atoms with Crippen molar-refractivity contribution < 1.29 is 4.79 Å². The molecule has 6 heteroatoms. The van der Waals surface area contributed by atoms with Crippen molar-refractivity contribution in [3.63, 3.8) is 0 Å². The number of nitrogens with zero attached hydrogens (tertiary/aromatic N) is 5. The van der Waals surface area contributed by atoms with Crippen LogP contribution in [-0.4, -0.2) is 51.6 Å². The van der Waals surface area contributed by atoms with Crippen LogP contribution in [0.25, 0.3) is 5.65 Å². The molecule has 0 aliphatic carbocycles. The van der Waals surface area contributed by atoms with Crippen molar-refractivity contribution in [2.45, 2.75) is 32.6 Å². The van der Waals surface area contributed by atoms with Gasteiger partial charge in [-0.05, 0) is 44.7 Å². The Bertz CT molecular complexity index is 719. The fourth-order valence-corrected chi connectivity index (χ4v) is 3.84. The molecular formula is C17H23N5O. The van der Waals surface area contributed by atoms with E-state index in [1.165, 1.54) is 0 Å². The van der Waals surface area contributed by atoms with Crippen LogP contribution in [0.2, 0.25) is 0 Å². The minimum absolute atomic E-state index is 0.0956. The predicted molar refractivity (Wildman–Crippen MR) is 88.5 cm³/mol. The largest absolute Gasteiger partial charge is 0.342 e. The number of aromatic nitrogens is 3. The quantitative estimate of drug-likeness (QED) is 0.849. The summed E-state index contributed by atoms with van der Waals surface area (Å²) >= 11 is 0. The van der Waals surface area contributed by atoms with Crippen LogP contribution >= 0.6 is 0 Å². The molecule has 2 aliphatic heterocycles. The van der Waals surface area contributed by atoms with Crippen LogP contribution in [0.3, 0.4) is 0 Å². The number of aryl methyl sites for hydroxylation is 1. The second-order valence-electron chi connectivity index (χ2n) is 6.68. The number of rotatable bonds is 2. The smallest absolute Gasteiger partial charge is 0.231 e. The van der Waals surface area contributed by atoms with Crippen molar-refractivity contribution in [1.82, 2.24) is 19.5 Å². The molecule has 4 rings (SSSR count). The monoisotopic (exact) mass is 313 g/mol. The Balaban J connectivity index is 1.58. The Labute approximate surface area is 136 Å². The molecular weight excluding hydrogens is 290 g/mol. The van der Waals surface area contributed by atoms with Crippen molar-refractivity contribution in [1.29, 1.82) is 0 Å². The first kappa shape index (κ1) is 14.5. The van der Waals surface area contributed by atoms with E-state index in [4.69, 9.17) is 0 Å². The molecule has 6 nitrogen and oxygen atoms in total. The van der Waals surface area contributed by atoms with Crippen LogP contribution in [0, 0.1) is 12.8 Å². The van der Waals surface area contributed by atoms with Gasteiger partial charge in [0.05, 0.1) is 5.92 Å². The van der Waals surface area contributed by atoms with Crippen LogP contribution in [0.5, 0.6) is 0 Å². The van der Waals surface area contributed by atoms with E-state index in [9.17, 15) is 4.79 Å². The summed E-state index contributed by atoms with van der Waals surface area (Å²) in [5.74, 6) is 1.30. The summed E-state index contributed by atoms with van der Waals surface area (Å²) in [6.07, 6.45) is 4.32. The number of likely N-dealkylation sites (tertiary alicyclic amines) is 1. The van der Waals surface area contributed by atoms with Gasteiger partial charge in [0, 0.05) is 31.9 Å². The summed E-state index contributed by atoms with van der Waals surface area (Å²) in [7, 11) is 0. The summed E-state index contributed by atoms with van der Waals surface area (Å²) in [4.78, 5) is 17.0. The van der Waals surface area contributed by atoms with Crippen LogP contribution in [0.4, 0.5) is 5.95 Å². The Morgan fingerprint density at radius 3 is 2.78 bits per heavy atom. The van der Waals surface area contributed by atoms with E-state index in [0.717, 1.165) is 69.2 Å². The maximum Gasteiger partial charge on any atom is 0.231 e. The highest BCUT2D eigenvalue weighted by Gasteiger charge is 2.32. The van der Waals surface area contributed by atoms with Crippen molar-refractivity contribution in [2.24, 2.45) is 5.92 Å². The molecule has 2 aromatic rings. The predicted octanol–water partition coefficient (Wildman–Crippen LogP) is 1.88. The van der Waals surface area contributed by atoms with Crippen LogP contribution in [-0.2, 0) is 4.79 Å². The number of anilines is 1. The fraction of sp³-hybridized carbons (Fsp3) is 0.588. The van der Waals surface area contributed by atoms with E-state index >= 15 is 0 Å². The minimum atomic E-state index is 0.0956. The van der Waals surface area contributed by atoms with Crippen molar-refractivity contribution in [2.75, 3.05) is 31.1 Å². The topological polar surface area (TPSA) is 53.7 Å². The summed E-state index contributed by atoms with van der Waals surface area (Å²) in [6.45, 7) is 5.63. The second kappa shape index (κ2) is 5.83. The third kappa shape index (κ3) is 2.56. The molecule has 1 amide bonds. The van der Waals surface area contributed by atoms with Crippen molar-refractivity contribution in [3.8, 4) is 0 Å². The van der Waals surface area contributed by atoms with Gasteiger partial charge in [0.2, 0.25) is 11.9 Å². The van der Waals surface area contributed by atoms with E-state index in [-0.39, 0.29) is 5.92 Å². The highest BCUT2D eigenvalue weighted by Crippen LogP contribution is 2.25. The third-order valence-electron chi connectivity index (χ3n) is 5.08. The van der Waals surface area contributed by atoms with Crippen molar-refractivity contribution in [3.05, 3.63) is 23.9 Å². The van der Waals surface area contributed by atoms with Gasteiger partial charge < -0.3 is 9.80 Å². The number of hydrogen-bond acceptors (Lipinski definition) is 4. The van der Waals surface area contributed by atoms with Crippen LogP contribution in [0.1, 0.15) is 31.4 Å². The Morgan fingerprint density at radius 1 is 1.13 bits per heavy atom. The molecule has 1 atom stereocenters. The Kier molecular flexibility index (Phi) is 3.67. The molecule has 2 aromatic heterocycles. The number of carbonyl (C=O) groups excluding carboxylic acids is 1. The highest BCUT2D eigenvalue weighted by molar-refractivity contribution is 5.80. The highest BCUT2D eigenvalue weighted by atomic mass is 16.2. The van der Waals surface area contributed by atoms with Gasteiger partial charge in [0.25, 0.3) is 0 Å². The zero-order valence-electron chi connectivity index (χ0n) is 13.6. The normalized spacial score (nSPS) is 22.0. The van der Waals surface area contributed by atoms with Gasteiger partial charge in [0.15, 0.2) is 5.65 Å². The van der Waals surface area contributed by atoms with Crippen molar-refractivity contribution >= 4 is 17.5 Å². The van der Waals surface area contributed by atoms with Gasteiger partial charge in [0.1, 0.15) is 0 Å². The molecule has 0 bridgehead atoms. The molecule has 0 saturated carbocycles. The van der Waals surface area contributed by atoms with Gasteiger partial charge in [-0.3, -0.25) is 9.20 Å². The van der Waals surface area contributed by atoms with Gasteiger partial charge in [-0.25, -0.2) is 0 Å². The first-order chi connectivity index (χ1) is 11.2. The number of fused-ring (bicyclic) bond motifs is 1. The zero-order valence-corrected chi connectivity index (χ0v) is 13.6. The first-order valence-electron chi connectivity index (χ1n) is 8.58. The molecule has 0 unspecified atom stereocenters. The Hall–Kier alpha value is -2.11. The first-order valence-corrected chi connectivity index (χ1v) is 8.58. The van der Waals surface area contributed by atoms with Gasteiger partial charge in [-0.2, -0.15) is 0 Å². The second-order valence-corrected chi connectivity index (χ2v) is 6.68. The molecule has 2 aliphatic rings. The summed E-state index contributed by atoms with van der Waals surface area (Å²) in [5.41, 5.74) is 1.99. The minimum Gasteiger partial charge on any atom is -0.342 e. The average molecular weight is 313 g/mol. The summed E-state index contributed by atoms with van der Waals surface area (Å²) < 4.78 is 2.09. The summed E-state index contributed by atoms with van der Waals surface area (Å²) in [5, 5.41) is 8.66. The Morgan fingerprint density at radius 2 is 1.96 bits per heavy atom. The standard InChI is InChI=1S/C17H23N5O/c1-13-6-4-8-15-18-19-17(22(13)15)21-11-5-7-14(12-21)16(23)20-9-2-3-10-20/h4,6,8,14H,2-3,5,7,9-12H2,1H3/t14-/m0/s1. The lowest BCUT2D eigenvalue weighted by Crippen LogP contribution is -2.44. The van der Waals surface area contributed by atoms with Gasteiger partial charge in [-0.15, -0.1) is 10.2 Å². The SMILES string of the molecule is Cc1cccc2nnc(N3CCC[C@H](C(=O)N4CCCC4)C3)n12. The molecule has 2 saturated heterocycles. The van der Waals surface area contributed by atoms with E-state index < -0.39 is 0 Å². The molecule has 0 aromatic carbocycles. The molecule has 0 spiro atoms. The number of pyridine rings is 1. The molecule has 4 heterocycles. The van der Waals surface area contributed by atoms with Crippen LogP contribution < -0.4 is 4.90 Å². The number of carbonyl (C=O) groups is 1. The lowest BCUT2D eigenvalue weighted by Gasteiger charge is -2.34. The average Bonchev–Trinajstić information content (AvgIpc) is 3.24. The molecule has 0 N–H and O–H groups in total. The van der Waals surface area contributed by atoms with E-state index in [1.54, 1.807) is 0 Å². The summed E-state index contributed by atoms with van der Waals surface area (Å²) in [6, 6.07) is 6.04. The van der Waals surface area contributed by atoms with Crippen LogP contribution in [0.15, 0.2) is 18.2 Å². The lowest BCUT2D eigenvalue weighted by atomic mass is 9.97. The molecule has 122 valence electrons. The molecule has 23 heavy (non-hydrogen) atoms. The maximum absolute atomic E-state index is 12.7. The van der Waals surface area contributed by atoms with Gasteiger partial charge in [-0.1, -0.05) is 6.07 Å². The fourth-order valence-electron chi connectivity index (χ4n) is 3.84. The number of piperidine rings is 1. The molecule has 0 radical (unpaired) electrons. The van der Waals surface area contributed by atoms with E-state index in [0.29, 0.717) is 5.91 Å². The van der Waals surface area contributed by atoms with E-state index in [2.05, 4.69) is 32.5 Å². The molecule has 2 fully saturated rings. The van der Waals surface area contributed by atoms with Gasteiger partial charge >= 0.3 is 0 Å². The number of hydrogen-bond donors (Lipinski definition) is 0. The lowest BCUT2D eigenvalue weighted by molar-refractivity contribution is -0.134.